The summed E-state index contributed by atoms with van der Waals surface area (Å²) in [6.45, 7) is 1.73. The molecule has 0 atom stereocenters. The second-order valence-corrected chi connectivity index (χ2v) is 6.15. The molecule has 0 amide bonds. The van der Waals surface area contributed by atoms with Crippen LogP contribution in [0.4, 0.5) is 15.8 Å². The van der Waals surface area contributed by atoms with Crippen LogP contribution in [0.3, 0.4) is 0 Å². The lowest BCUT2D eigenvalue weighted by Gasteiger charge is -2.07. The van der Waals surface area contributed by atoms with Crippen LogP contribution in [0.15, 0.2) is 28.5 Å². The fourth-order valence-electron chi connectivity index (χ4n) is 1.57. The highest BCUT2D eigenvalue weighted by molar-refractivity contribution is 8.00. The predicted octanol–water partition coefficient (Wildman–Crippen LogP) is 3.95. The van der Waals surface area contributed by atoms with Crippen molar-refractivity contribution < 1.29 is 4.39 Å². The second kappa shape index (κ2) is 5.63. The summed E-state index contributed by atoms with van der Waals surface area (Å²) in [6.07, 6.45) is 1.96. The number of anilines is 2. The fraction of sp³-hybridized carbons (Fsp3) is 0.154. The number of nitrogens with one attached hydrogen (secondary N) is 2. The predicted molar refractivity (Wildman–Crippen MR) is 81.5 cm³/mol. The van der Waals surface area contributed by atoms with Gasteiger partial charge in [0.1, 0.15) is 11.7 Å². The van der Waals surface area contributed by atoms with Gasteiger partial charge >= 0.3 is 0 Å². The van der Waals surface area contributed by atoms with Gasteiger partial charge in [-0.2, -0.15) is 0 Å². The topological polar surface area (TPSA) is 61.9 Å². The van der Waals surface area contributed by atoms with Crippen molar-refractivity contribution in [3.63, 3.8) is 0 Å². The van der Waals surface area contributed by atoms with E-state index in [2.05, 4.69) is 5.32 Å². The molecule has 0 saturated carbocycles. The molecule has 0 aliphatic carbocycles. The maximum absolute atomic E-state index is 13.5. The van der Waals surface area contributed by atoms with Crippen molar-refractivity contribution in [2.45, 2.75) is 11.1 Å². The fourth-order valence-corrected chi connectivity index (χ4v) is 3.21. The van der Waals surface area contributed by atoms with Crippen molar-refractivity contribution in [3.8, 4) is 0 Å². The molecule has 6 heteroatoms. The van der Waals surface area contributed by atoms with Crippen molar-refractivity contribution in [1.29, 1.82) is 5.41 Å². The van der Waals surface area contributed by atoms with Gasteiger partial charge < -0.3 is 11.1 Å². The first-order valence-corrected chi connectivity index (χ1v) is 7.60. The van der Waals surface area contributed by atoms with E-state index in [1.165, 1.54) is 17.4 Å². The standard InChI is InChI=1S/C13H14FN3S2/c1-7-3-4-8(5-9(7)14)17-10-6-11(12(15)16)19-13(10)18-2/h3-6,17H,1-2H3,(H3,15,16). The summed E-state index contributed by atoms with van der Waals surface area (Å²) in [6, 6.07) is 6.84. The number of nitrogens with two attached hydrogens (primary N) is 1. The first-order chi connectivity index (χ1) is 9.01. The monoisotopic (exact) mass is 295 g/mol. The maximum atomic E-state index is 13.5. The Hall–Kier alpha value is -1.53. The van der Waals surface area contributed by atoms with Gasteiger partial charge in [-0.25, -0.2) is 4.39 Å². The molecule has 0 radical (unpaired) electrons. The Balaban J connectivity index is 2.31. The van der Waals surface area contributed by atoms with Crippen molar-refractivity contribution >= 4 is 40.3 Å². The average molecular weight is 295 g/mol. The number of rotatable bonds is 4. The molecule has 0 spiro atoms. The zero-order valence-electron chi connectivity index (χ0n) is 10.6. The van der Waals surface area contributed by atoms with Crippen LogP contribution >= 0.6 is 23.1 Å². The van der Waals surface area contributed by atoms with Gasteiger partial charge in [-0.05, 0) is 36.9 Å². The lowest BCUT2D eigenvalue weighted by Crippen LogP contribution is -2.08. The summed E-state index contributed by atoms with van der Waals surface area (Å²) in [7, 11) is 0. The summed E-state index contributed by atoms with van der Waals surface area (Å²) < 4.78 is 14.5. The minimum absolute atomic E-state index is 0.0448. The van der Waals surface area contributed by atoms with E-state index in [0.717, 1.165) is 9.90 Å². The van der Waals surface area contributed by atoms with Crippen molar-refractivity contribution in [2.24, 2.45) is 5.73 Å². The SMILES string of the molecule is CSc1sc(C(=N)N)cc1Nc1ccc(C)c(F)c1. The number of halogens is 1. The van der Waals surface area contributed by atoms with Crippen LogP contribution in [0, 0.1) is 18.2 Å². The highest BCUT2D eigenvalue weighted by Gasteiger charge is 2.11. The van der Waals surface area contributed by atoms with E-state index in [1.54, 1.807) is 24.8 Å². The third-order valence-electron chi connectivity index (χ3n) is 2.60. The van der Waals surface area contributed by atoms with Gasteiger partial charge in [0.2, 0.25) is 0 Å². The molecule has 3 nitrogen and oxygen atoms in total. The van der Waals surface area contributed by atoms with Crippen LogP contribution < -0.4 is 11.1 Å². The van der Waals surface area contributed by atoms with Crippen LogP contribution in [-0.4, -0.2) is 12.1 Å². The number of thiophene rings is 1. The molecule has 1 heterocycles. The van der Waals surface area contributed by atoms with E-state index >= 15 is 0 Å². The molecule has 0 bridgehead atoms. The largest absolute Gasteiger partial charge is 0.383 e. The Labute approximate surface area is 119 Å². The molecule has 2 rings (SSSR count). The van der Waals surface area contributed by atoms with Gasteiger partial charge in [0.15, 0.2) is 0 Å². The molecule has 4 N–H and O–H groups in total. The van der Waals surface area contributed by atoms with Gasteiger partial charge in [0, 0.05) is 5.69 Å². The van der Waals surface area contributed by atoms with Crippen LogP contribution in [0.1, 0.15) is 10.4 Å². The van der Waals surface area contributed by atoms with E-state index in [4.69, 9.17) is 11.1 Å². The summed E-state index contributed by atoms with van der Waals surface area (Å²) in [5, 5.41) is 10.6. The Kier molecular flexibility index (Phi) is 4.11. The Morgan fingerprint density at radius 2 is 2.16 bits per heavy atom. The van der Waals surface area contributed by atoms with E-state index in [-0.39, 0.29) is 11.7 Å². The molecule has 0 saturated heterocycles. The second-order valence-electron chi connectivity index (χ2n) is 4.02. The van der Waals surface area contributed by atoms with E-state index in [0.29, 0.717) is 16.1 Å². The summed E-state index contributed by atoms with van der Waals surface area (Å²) in [5.74, 6) is -0.193. The minimum atomic E-state index is -0.238. The number of aryl methyl sites for hydroxylation is 1. The third-order valence-corrected chi connectivity index (χ3v) is 4.90. The van der Waals surface area contributed by atoms with Gasteiger partial charge in [0.05, 0.1) is 14.8 Å². The maximum Gasteiger partial charge on any atom is 0.133 e. The van der Waals surface area contributed by atoms with Crippen LogP contribution in [-0.2, 0) is 0 Å². The molecule has 0 aliphatic rings. The Bertz CT molecular complexity index is 622. The van der Waals surface area contributed by atoms with E-state index in [9.17, 15) is 4.39 Å². The molecule has 0 aliphatic heterocycles. The third kappa shape index (κ3) is 3.08. The lowest BCUT2D eigenvalue weighted by molar-refractivity contribution is 0.619. The average Bonchev–Trinajstić information content (AvgIpc) is 2.77. The Morgan fingerprint density at radius 1 is 1.42 bits per heavy atom. The quantitative estimate of drug-likeness (QED) is 0.455. The molecule has 1 aromatic carbocycles. The van der Waals surface area contributed by atoms with Crippen LogP contribution in [0.5, 0.6) is 0 Å². The minimum Gasteiger partial charge on any atom is -0.383 e. The summed E-state index contributed by atoms with van der Waals surface area (Å²) in [5.41, 5.74) is 7.64. The highest BCUT2D eigenvalue weighted by atomic mass is 32.2. The van der Waals surface area contributed by atoms with E-state index in [1.807, 2.05) is 18.4 Å². The molecule has 0 fully saturated rings. The number of hydrogen-bond donors (Lipinski definition) is 3. The number of nitrogen functional groups attached to an aromatic ring is 1. The van der Waals surface area contributed by atoms with Crippen molar-refractivity contribution in [3.05, 3.63) is 40.5 Å². The first kappa shape index (κ1) is 13.9. The van der Waals surface area contributed by atoms with Gasteiger partial charge in [-0.15, -0.1) is 23.1 Å². The first-order valence-electron chi connectivity index (χ1n) is 5.56. The van der Waals surface area contributed by atoms with Gasteiger partial charge in [0.25, 0.3) is 0 Å². The van der Waals surface area contributed by atoms with Gasteiger partial charge in [-0.3, -0.25) is 5.41 Å². The smallest absolute Gasteiger partial charge is 0.133 e. The number of benzene rings is 1. The Morgan fingerprint density at radius 3 is 2.74 bits per heavy atom. The molecule has 0 unspecified atom stereocenters. The summed E-state index contributed by atoms with van der Waals surface area (Å²) in [4.78, 5) is 0.708. The number of amidine groups is 1. The molecular weight excluding hydrogens is 281 g/mol. The zero-order chi connectivity index (χ0) is 14.0. The lowest BCUT2D eigenvalue weighted by atomic mass is 10.2. The zero-order valence-corrected chi connectivity index (χ0v) is 12.2. The molecule has 19 heavy (non-hydrogen) atoms. The number of thioether (sulfide) groups is 1. The number of hydrogen-bond acceptors (Lipinski definition) is 4. The normalized spacial score (nSPS) is 10.5. The molecule has 100 valence electrons. The van der Waals surface area contributed by atoms with Crippen molar-refractivity contribution in [1.82, 2.24) is 0 Å². The van der Waals surface area contributed by atoms with Crippen molar-refractivity contribution in [2.75, 3.05) is 11.6 Å². The summed E-state index contributed by atoms with van der Waals surface area (Å²) >= 11 is 3.02. The molecular formula is C13H14FN3S2. The van der Waals surface area contributed by atoms with Crippen LogP contribution in [0.2, 0.25) is 0 Å². The van der Waals surface area contributed by atoms with Gasteiger partial charge in [-0.1, -0.05) is 6.07 Å². The highest BCUT2D eigenvalue weighted by Crippen LogP contribution is 2.36. The van der Waals surface area contributed by atoms with Crippen LogP contribution in [0.25, 0.3) is 0 Å². The molecule has 1 aromatic heterocycles. The van der Waals surface area contributed by atoms with E-state index < -0.39 is 0 Å². The molecule has 2 aromatic rings.